The topological polar surface area (TPSA) is 88.1 Å². The van der Waals surface area contributed by atoms with E-state index in [0.717, 1.165) is 6.07 Å². The Morgan fingerprint density at radius 3 is 2.76 bits per heavy atom. The van der Waals surface area contributed by atoms with Crippen molar-refractivity contribution in [3.8, 4) is 11.8 Å². The second kappa shape index (κ2) is 5.92. The number of nitrogens with zero attached hydrogens (tertiary/aromatic N) is 1. The average Bonchev–Trinajstić information content (AvgIpc) is 2.50. The molecular formula is C15H12FN3O2. The Morgan fingerprint density at radius 2 is 2.14 bits per heavy atom. The lowest BCUT2D eigenvalue weighted by Crippen LogP contribution is -2.14. The van der Waals surface area contributed by atoms with Crippen LogP contribution < -0.4 is 15.8 Å². The summed E-state index contributed by atoms with van der Waals surface area (Å²) in [6.45, 7) is 0. The Labute approximate surface area is 120 Å². The van der Waals surface area contributed by atoms with Crippen molar-refractivity contribution in [3.63, 3.8) is 0 Å². The Kier molecular flexibility index (Phi) is 4.05. The maximum Gasteiger partial charge on any atom is 0.255 e. The lowest BCUT2D eigenvalue weighted by molar-refractivity contribution is 0.102. The third-order valence-electron chi connectivity index (χ3n) is 2.86. The summed E-state index contributed by atoms with van der Waals surface area (Å²) in [7, 11) is 1.43. The number of carbonyl (C=O) groups excluding carboxylic acids is 1. The van der Waals surface area contributed by atoms with Crippen molar-refractivity contribution in [1.82, 2.24) is 0 Å². The zero-order chi connectivity index (χ0) is 15.4. The van der Waals surface area contributed by atoms with Crippen molar-refractivity contribution >= 4 is 17.3 Å². The first-order valence-electron chi connectivity index (χ1n) is 6.00. The second-order valence-corrected chi connectivity index (χ2v) is 4.19. The van der Waals surface area contributed by atoms with Crippen LogP contribution in [0, 0.1) is 17.1 Å². The standard InChI is InChI=1S/C15H12FN3O2/c1-21-13-4-2-3-10(8-17)14(13)19-15(20)9-5-6-11(16)12(18)7-9/h2-7H,18H2,1H3,(H,19,20). The quantitative estimate of drug-likeness (QED) is 0.848. The Bertz CT molecular complexity index is 738. The minimum absolute atomic E-state index is 0.122. The monoisotopic (exact) mass is 285 g/mol. The molecule has 0 atom stereocenters. The molecule has 21 heavy (non-hydrogen) atoms. The minimum Gasteiger partial charge on any atom is -0.495 e. The van der Waals surface area contributed by atoms with E-state index in [1.165, 1.54) is 19.2 Å². The van der Waals surface area contributed by atoms with E-state index in [-0.39, 0.29) is 22.5 Å². The van der Waals surface area contributed by atoms with Gasteiger partial charge in [0.25, 0.3) is 5.91 Å². The van der Waals surface area contributed by atoms with E-state index in [1.807, 2.05) is 6.07 Å². The summed E-state index contributed by atoms with van der Waals surface area (Å²) in [4.78, 5) is 12.2. The lowest BCUT2D eigenvalue weighted by atomic mass is 10.1. The van der Waals surface area contributed by atoms with Crippen LogP contribution in [0.15, 0.2) is 36.4 Å². The summed E-state index contributed by atoms with van der Waals surface area (Å²) in [5.74, 6) is -0.748. The molecule has 0 saturated heterocycles. The van der Waals surface area contributed by atoms with Crippen LogP contribution in [0.2, 0.25) is 0 Å². The Hall–Kier alpha value is -3.07. The number of nitrogens with two attached hydrogens (primary N) is 1. The lowest BCUT2D eigenvalue weighted by Gasteiger charge is -2.12. The van der Waals surface area contributed by atoms with Gasteiger partial charge < -0.3 is 15.8 Å². The summed E-state index contributed by atoms with van der Waals surface area (Å²) in [6.07, 6.45) is 0. The number of nitriles is 1. The molecule has 0 aliphatic carbocycles. The van der Waals surface area contributed by atoms with E-state index in [2.05, 4.69) is 5.32 Å². The number of hydrogen-bond donors (Lipinski definition) is 2. The number of halogens is 1. The largest absolute Gasteiger partial charge is 0.495 e. The fourth-order valence-electron chi connectivity index (χ4n) is 1.79. The summed E-state index contributed by atoms with van der Waals surface area (Å²) in [6, 6.07) is 10.4. The van der Waals surface area contributed by atoms with Crippen LogP contribution in [0.5, 0.6) is 5.75 Å². The van der Waals surface area contributed by atoms with Gasteiger partial charge >= 0.3 is 0 Å². The summed E-state index contributed by atoms with van der Waals surface area (Å²) in [5.41, 5.74) is 6.02. The number of carbonyl (C=O) groups is 1. The van der Waals surface area contributed by atoms with E-state index < -0.39 is 11.7 Å². The second-order valence-electron chi connectivity index (χ2n) is 4.19. The van der Waals surface area contributed by atoms with Gasteiger partial charge in [-0.2, -0.15) is 5.26 Å². The molecule has 2 rings (SSSR count). The third kappa shape index (κ3) is 2.92. The summed E-state index contributed by atoms with van der Waals surface area (Å²) < 4.78 is 18.2. The first-order valence-corrected chi connectivity index (χ1v) is 6.00. The number of amides is 1. The Morgan fingerprint density at radius 1 is 1.38 bits per heavy atom. The predicted molar refractivity (Wildman–Crippen MR) is 76.5 cm³/mol. The number of nitrogen functional groups attached to an aromatic ring is 1. The van der Waals surface area contributed by atoms with Crippen LogP contribution in [0.1, 0.15) is 15.9 Å². The van der Waals surface area contributed by atoms with Gasteiger partial charge in [0, 0.05) is 5.56 Å². The van der Waals surface area contributed by atoms with Crippen LogP contribution in [0.3, 0.4) is 0 Å². The number of anilines is 2. The molecule has 2 aromatic rings. The normalized spacial score (nSPS) is 9.76. The van der Waals surface area contributed by atoms with Crippen LogP contribution in [0.4, 0.5) is 15.8 Å². The van der Waals surface area contributed by atoms with E-state index in [9.17, 15) is 9.18 Å². The van der Waals surface area contributed by atoms with E-state index in [1.54, 1.807) is 18.2 Å². The highest BCUT2D eigenvalue weighted by atomic mass is 19.1. The number of ether oxygens (including phenoxy) is 1. The van der Waals surface area contributed by atoms with E-state index in [0.29, 0.717) is 5.75 Å². The fraction of sp³-hybridized carbons (Fsp3) is 0.0667. The molecule has 0 spiro atoms. The maximum atomic E-state index is 13.1. The predicted octanol–water partition coefficient (Wildman–Crippen LogP) is 2.54. The molecule has 0 saturated carbocycles. The summed E-state index contributed by atoms with van der Waals surface area (Å²) in [5, 5.41) is 11.7. The van der Waals surface area contributed by atoms with Gasteiger partial charge in [-0.1, -0.05) is 6.07 Å². The highest BCUT2D eigenvalue weighted by Crippen LogP contribution is 2.28. The van der Waals surface area contributed by atoms with Gasteiger partial charge in [0.05, 0.1) is 18.4 Å². The number of para-hydroxylation sites is 1. The molecule has 0 heterocycles. The zero-order valence-electron chi connectivity index (χ0n) is 11.2. The number of hydrogen-bond acceptors (Lipinski definition) is 4. The molecule has 3 N–H and O–H groups in total. The molecule has 0 fully saturated rings. The first kappa shape index (κ1) is 14.3. The molecule has 5 nitrogen and oxygen atoms in total. The number of benzene rings is 2. The Balaban J connectivity index is 2.36. The van der Waals surface area contributed by atoms with Crippen molar-refractivity contribution < 1.29 is 13.9 Å². The average molecular weight is 285 g/mol. The van der Waals surface area contributed by atoms with Crippen molar-refractivity contribution in [3.05, 3.63) is 53.3 Å². The molecule has 106 valence electrons. The first-order chi connectivity index (χ1) is 10.1. The molecule has 0 unspecified atom stereocenters. The third-order valence-corrected chi connectivity index (χ3v) is 2.86. The zero-order valence-corrected chi connectivity index (χ0v) is 11.2. The number of nitrogens with one attached hydrogen (secondary N) is 1. The van der Waals surface area contributed by atoms with E-state index >= 15 is 0 Å². The molecule has 0 aliphatic heterocycles. The SMILES string of the molecule is COc1cccc(C#N)c1NC(=O)c1ccc(F)c(N)c1. The van der Waals surface area contributed by atoms with Crippen molar-refractivity contribution in [2.75, 3.05) is 18.2 Å². The van der Waals surface area contributed by atoms with Crippen LogP contribution in [0.25, 0.3) is 0 Å². The molecule has 0 bridgehead atoms. The molecule has 2 aromatic carbocycles. The molecule has 0 aliphatic rings. The van der Waals surface area contributed by atoms with Crippen molar-refractivity contribution in [2.24, 2.45) is 0 Å². The molecule has 0 aromatic heterocycles. The minimum atomic E-state index is -0.596. The van der Waals surface area contributed by atoms with Gasteiger partial charge in [0.15, 0.2) is 0 Å². The van der Waals surface area contributed by atoms with Gasteiger partial charge in [-0.3, -0.25) is 4.79 Å². The van der Waals surface area contributed by atoms with E-state index in [4.69, 9.17) is 15.7 Å². The van der Waals surface area contributed by atoms with Gasteiger partial charge in [-0.05, 0) is 30.3 Å². The molecule has 0 radical (unpaired) electrons. The van der Waals surface area contributed by atoms with Gasteiger partial charge in [0.2, 0.25) is 0 Å². The van der Waals surface area contributed by atoms with Gasteiger partial charge in [0.1, 0.15) is 23.3 Å². The van der Waals surface area contributed by atoms with Crippen LogP contribution in [-0.2, 0) is 0 Å². The maximum absolute atomic E-state index is 13.1. The highest BCUT2D eigenvalue weighted by Gasteiger charge is 2.14. The molecule has 1 amide bonds. The molecular weight excluding hydrogens is 273 g/mol. The molecule has 6 heteroatoms. The smallest absolute Gasteiger partial charge is 0.255 e. The van der Waals surface area contributed by atoms with Crippen LogP contribution in [-0.4, -0.2) is 13.0 Å². The summed E-state index contributed by atoms with van der Waals surface area (Å²) >= 11 is 0. The number of methoxy groups -OCH3 is 1. The van der Waals surface area contributed by atoms with Crippen molar-refractivity contribution in [1.29, 1.82) is 5.26 Å². The van der Waals surface area contributed by atoms with Crippen LogP contribution >= 0.6 is 0 Å². The fourth-order valence-corrected chi connectivity index (χ4v) is 1.79. The number of rotatable bonds is 3. The van der Waals surface area contributed by atoms with Gasteiger partial charge in [-0.15, -0.1) is 0 Å². The van der Waals surface area contributed by atoms with Gasteiger partial charge in [-0.25, -0.2) is 4.39 Å². The highest BCUT2D eigenvalue weighted by molar-refractivity contribution is 6.06. The van der Waals surface area contributed by atoms with Crippen molar-refractivity contribution in [2.45, 2.75) is 0 Å².